The van der Waals surface area contributed by atoms with E-state index in [0.29, 0.717) is 0 Å². The van der Waals surface area contributed by atoms with Crippen LogP contribution in [0.5, 0.6) is 0 Å². The van der Waals surface area contributed by atoms with E-state index in [1.165, 1.54) is 0 Å². The fourth-order valence-corrected chi connectivity index (χ4v) is 1.37. The second kappa shape index (κ2) is 4.39. The molecule has 0 saturated carbocycles. The molecule has 0 aliphatic heterocycles. The summed E-state index contributed by atoms with van der Waals surface area (Å²) in [6, 6.07) is 0. The first-order valence-corrected chi connectivity index (χ1v) is 4.65. The first kappa shape index (κ1) is 7.23. The molecule has 0 aliphatic carbocycles. The summed E-state index contributed by atoms with van der Waals surface area (Å²) in [7, 11) is -1.13. The molecule has 0 spiro atoms. The van der Waals surface area contributed by atoms with Gasteiger partial charge >= 0.3 is 0 Å². The lowest BCUT2D eigenvalue weighted by molar-refractivity contribution is 0.587. The van der Waals surface area contributed by atoms with Crippen molar-refractivity contribution in [2.24, 2.45) is 0 Å². The van der Waals surface area contributed by atoms with Crippen LogP contribution in [-0.2, 0) is 4.57 Å². The zero-order valence-corrected chi connectivity index (χ0v) is 6.03. The van der Waals surface area contributed by atoms with Crippen LogP contribution in [0.15, 0.2) is 0 Å². The molecule has 2 heteroatoms. The van der Waals surface area contributed by atoms with Gasteiger partial charge in [-0.05, 0) is 18.7 Å². The Bertz CT molecular complexity index is 61.1. The zero-order chi connectivity index (χ0) is 5.70. The Balaban J connectivity index is 3.00. The van der Waals surface area contributed by atoms with Crippen LogP contribution in [0.25, 0.3) is 0 Å². The van der Waals surface area contributed by atoms with Crippen LogP contribution in [0.3, 0.4) is 0 Å². The smallest absolute Gasteiger partial charge is 0.0759 e. The monoisotopic (exact) mass is 120 g/mol. The maximum absolute atomic E-state index is 10.6. The van der Waals surface area contributed by atoms with Crippen LogP contribution in [0.2, 0.25) is 0 Å². The van der Waals surface area contributed by atoms with E-state index in [1.54, 1.807) is 0 Å². The van der Waals surface area contributed by atoms with Gasteiger partial charge in [0.25, 0.3) is 0 Å². The summed E-state index contributed by atoms with van der Waals surface area (Å²) < 4.78 is 10.6. The van der Waals surface area contributed by atoms with Gasteiger partial charge in [0, 0.05) is 0 Å². The second-order valence-corrected chi connectivity index (χ2v) is 3.93. The molecule has 0 heterocycles. The largest absolute Gasteiger partial charge is 0.327 e. The van der Waals surface area contributed by atoms with Gasteiger partial charge in [-0.15, -0.1) is 0 Å². The van der Waals surface area contributed by atoms with E-state index in [9.17, 15) is 4.57 Å². The third-order valence-electron chi connectivity index (χ3n) is 0.923. The maximum atomic E-state index is 10.6. The molecule has 0 saturated heterocycles. The highest BCUT2D eigenvalue weighted by Crippen LogP contribution is 2.18. The predicted molar refractivity (Wildman–Crippen MR) is 34.7 cm³/mol. The summed E-state index contributed by atoms with van der Waals surface area (Å²) in [6.07, 6.45) is 2.91. The van der Waals surface area contributed by atoms with Gasteiger partial charge in [-0.3, -0.25) is 0 Å². The quantitative estimate of drug-likeness (QED) is 0.520. The molecular weight excluding hydrogens is 107 g/mol. The van der Waals surface area contributed by atoms with Crippen molar-refractivity contribution in [2.75, 3.05) is 12.3 Å². The van der Waals surface area contributed by atoms with Gasteiger partial charge in [0.1, 0.15) is 0 Å². The summed E-state index contributed by atoms with van der Waals surface area (Å²) in [6.45, 7) is 4.05. The van der Waals surface area contributed by atoms with E-state index in [2.05, 4.69) is 6.92 Å². The Kier molecular flexibility index (Phi) is 4.53. The number of hydrogen-bond donors (Lipinski definition) is 0. The van der Waals surface area contributed by atoms with Crippen LogP contribution in [0.4, 0.5) is 0 Å². The fourth-order valence-electron chi connectivity index (χ4n) is 0.456. The predicted octanol–water partition coefficient (Wildman–Crippen LogP) is 1.98. The van der Waals surface area contributed by atoms with Gasteiger partial charge in [0.05, 0.1) is 7.80 Å². The van der Waals surface area contributed by atoms with E-state index < -0.39 is 7.80 Å². The van der Waals surface area contributed by atoms with E-state index in [4.69, 9.17) is 0 Å². The van der Waals surface area contributed by atoms with Crippen LogP contribution in [0.1, 0.15) is 20.3 Å². The Hall–Kier alpha value is 0.230. The first-order chi connectivity index (χ1) is 3.31. The van der Waals surface area contributed by atoms with Crippen molar-refractivity contribution < 1.29 is 4.57 Å². The molecule has 44 valence electrons. The summed E-state index contributed by atoms with van der Waals surface area (Å²) in [5.41, 5.74) is 0. The van der Waals surface area contributed by atoms with Crippen molar-refractivity contribution >= 4 is 7.80 Å². The van der Waals surface area contributed by atoms with Gasteiger partial charge in [-0.25, -0.2) is 0 Å². The molecule has 0 rings (SSSR count). The number of rotatable bonds is 3. The molecule has 0 aliphatic rings. The van der Waals surface area contributed by atoms with Crippen molar-refractivity contribution in [3.8, 4) is 0 Å². The van der Waals surface area contributed by atoms with Crippen molar-refractivity contribution in [3.05, 3.63) is 0 Å². The molecule has 0 aromatic carbocycles. The lowest BCUT2D eigenvalue weighted by atomic mass is 10.6. The molecule has 1 unspecified atom stereocenters. The topological polar surface area (TPSA) is 17.1 Å². The molecule has 0 radical (unpaired) electrons. The van der Waals surface area contributed by atoms with Crippen LogP contribution in [-0.4, -0.2) is 12.3 Å². The van der Waals surface area contributed by atoms with Crippen molar-refractivity contribution in [1.29, 1.82) is 0 Å². The molecule has 0 fully saturated rings. The van der Waals surface area contributed by atoms with E-state index in [0.717, 1.165) is 18.7 Å². The molecule has 0 aromatic heterocycles. The fraction of sp³-hybridized carbons (Fsp3) is 1.00. The van der Waals surface area contributed by atoms with Gasteiger partial charge in [0.15, 0.2) is 0 Å². The highest BCUT2D eigenvalue weighted by atomic mass is 31.1. The molecule has 0 amide bonds. The lowest BCUT2D eigenvalue weighted by Crippen LogP contribution is -1.73. The SMILES string of the molecule is CCC[PH](=O)CC. The second-order valence-electron chi connectivity index (χ2n) is 1.64. The van der Waals surface area contributed by atoms with Gasteiger partial charge < -0.3 is 4.57 Å². The molecule has 1 atom stereocenters. The molecule has 1 nitrogen and oxygen atoms in total. The minimum atomic E-state index is -1.13. The van der Waals surface area contributed by atoms with E-state index >= 15 is 0 Å². The van der Waals surface area contributed by atoms with Crippen LogP contribution >= 0.6 is 7.80 Å². The third-order valence-corrected chi connectivity index (χ3v) is 2.77. The molecule has 7 heavy (non-hydrogen) atoms. The minimum absolute atomic E-state index is 0.887. The zero-order valence-electron chi connectivity index (χ0n) is 5.03. The first-order valence-electron chi connectivity index (χ1n) is 2.83. The summed E-state index contributed by atoms with van der Waals surface area (Å²) >= 11 is 0. The van der Waals surface area contributed by atoms with Crippen molar-refractivity contribution in [3.63, 3.8) is 0 Å². The Morgan fingerprint density at radius 1 is 1.43 bits per heavy atom. The summed E-state index contributed by atoms with van der Waals surface area (Å²) in [4.78, 5) is 0. The molecule has 0 N–H and O–H groups in total. The van der Waals surface area contributed by atoms with Crippen LogP contribution < -0.4 is 0 Å². The average Bonchev–Trinajstić information content (AvgIpc) is 1.68. The highest BCUT2D eigenvalue weighted by molar-refractivity contribution is 7.44. The van der Waals surface area contributed by atoms with Gasteiger partial charge in [-0.1, -0.05) is 13.8 Å². The summed E-state index contributed by atoms with van der Waals surface area (Å²) in [5.74, 6) is 0. The Labute approximate surface area is 45.9 Å². The molecule has 0 bridgehead atoms. The third kappa shape index (κ3) is 4.08. The molecule has 0 aromatic rings. The van der Waals surface area contributed by atoms with Gasteiger partial charge in [0.2, 0.25) is 0 Å². The number of hydrogen-bond acceptors (Lipinski definition) is 1. The van der Waals surface area contributed by atoms with Crippen molar-refractivity contribution in [2.45, 2.75) is 20.3 Å². The van der Waals surface area contributed by atoms with Crippen LogP contribution in [0, 0.1) is 0 Å². The normalized spacial score (nSPS) is 14.0. The standard InChI is InChI=1S/C5H13OP/c1-3-5-7(6)4-2/h7H,3-5H2,1-2H3. The van der Waals surface area contributed by atoms with E-state index in [-0.39, 0.29) is 0 Å². The van der Waals surface area contributed by atoms with E-state index in [1.807, 2.05) is 6.92 Å². The maximum Gasteiger partial charge on any atom is 0.0759 e. The van der Waals surface area contributed by atoms with Gasteiger partial charge in [-0.2, -0.15) is 0 Å². The Morgan fingerprint density at radius 2 is 2.00 bits per heavy atom. The Morgan fingerprint density at radius 3 is 2.14 bits per heavy atom. The molecular formula is C5H13OP. The average molecular weight is 120 g/mol. The highest BCUT2D eigenvalue weighted by Gasteiger charge is 1.88. The summed E-state index contributed by atoms with van der Waals surface area (Å²) in [5, 5.41) is 0. The minimum Gasteiger partial charge on any atom is -0.327 e. The van der Waals surface area contributed by atoms with Crippen molar-refractivity contribution in [1.82, 2.24) is 0 Å². The lowest BCUT2D eigenvalue weighted by Gasteiger charge is -1.89.